The van der Waals surface area contributed by atoms with E-state index in [4.69, 9.17) is 23.2 Å². The molecule has 0 saturated heterocycles. The van der Waals surface area contributed by atoms with Crippen molar-refractivity contribution in [2.45, 2.75) is 31.2 Å². The van der Waals surface area contributed by atoms with Crippen molar-refractivity contribution in [1.29, 1.82) is 5.26 Å². The van der Waals surface area contributed by atoms with E-state index in [2.05, 4.69) is 43.9 Å². The first-order valence-electron chi connectivity index (χ1n) is 13.2. The molecule has 3 aromatic carbocycles. The third-order valence-electron chi connectivity index (χ3n) is 7.44. The van der Waals surface area contributed by atoms with E-state index < -0.39 is 5.44 Å². The summed E-state index contributed by atoms with van der Waals surface area (Å²) < 4.78 is 0. The number of nitriles is 1. The van der Waals surface area contributed by atoms with Crippen molar-refractivity contribution in [2.75, 3.05) is 10.6 Å². The van der Waals surface area contributed by atoms with Gasteiger partial charge in [0.25, 0.3) is 0 Å². The predicted octanol–water partition coefficient (Wildman–Crippen LogP) is 5.59. The summed E-state index contributed by atoms with van der Waals surface area (Å²) in [6, 6.07) is 21.3. The average molecular weight is 582 g/mol. The largest absolute Gasteiger partial charge is 0.378 e. The van der Waals surface area contributed by atoms with Crippen molar-refractivity contribution in [3.05, 3.63) is 105 Å². The standard InChI is InChI=1S/C30H26BCl2N7O/c1-17(41)23-12-21(13-24-28(18(14-34)15-35-29(23)24)36-20-6-4-5-19(32)11-20)37-30(31,25-7-2-3-8-26(25)33)27-16-40(39-38-27)22-9-10-22/h2-8,11-13,15-16,22,37-39H,9-10,31H2,1H3,(H,35,36). The molecule has 6 rings (SSSR count). The fourth-order valence-corrected chi connectivity index (χ4v) is 5.66. The molecule has 1 atom stereocenters. The van der Waals surface area contributed by atoms with Crippen molar-refractivity contribution >= 4 is 64.8 Å². The van der Waals surface area contributed by atoms with Gasteiger partial charge in [-0.05, 0) is 61.7 Å². The number of rotatable bonds is 8. The van der Waals surface area contributed by atoms with Gasteiger partial charge in [0.2, 0.25) is 0 Å². The average Bonchev–Trinajstić information content (AvgIpc) is 3.68. The highest BCUT2D eigenvalue weighted by Gasteiger charge is 2.39. The molecule has 2 heterocycles. The first kappa shape index (κ1) is 27.0. The first-order valence-corrected chi connectivity index (χ1v) is 14.0. The Labute approximate surface area is 248 Å². The second-order valence-corrected chi connectivity index (χ2v) is 11.3. The Hall–Kier alpha value is -4.23. The summed E-state index contributed by atoms with van der Waals surface area (Å²) in [7, 11) is 2.04. The number of aromatic nitrogens is 1. The van der Waals surface area contributed by atoms with Gasteiger partial charge in [-0.1, -0.05) is 47.5 Å². The van der Waals surface area contributed by atoms with Gasteiger partial charge < -0.3 is 16.1 Å². The number of Topliss-reactive ketones (excluding diaryl/α,β-unsaturated/α-hetero) is 1. The van der Waals surface area contributed by atoms with Crippen LogP contribution in [0.1, 0.15) is 41.3 Å². The van der Waals surface area contributed by atoms with E-state index in [1.54, 1.807) is 18.2 Å². The van der Waals surface area contributed by atoms with Gasteiger partial charge in [-0.25, -0.2) is 0 Å². The molecule has 41 heavy (non-hydrogen) atoms. The molecular weight excluding hydrogens is 556 g/mol. The third kappa shape index (κ3) is 5.18. The van der Waals surface area contributed by atoms with Crippen LogP contribution in [0.3, 0.4) is 0 Å². The van der Waals surface area contributed by atoms with Crippen molar-refractivity contribution in [3.8, 4) is 6.07 Å². The zero-order valence-corrected chi connectivity index (χ0v) is 23.9. The summed E-state index contributed by atoms with van der Waals surface area (Å²) in [5, 5.41) is 20.8. The number of fused-ring (bicyclic) bond motifs is 1. The number of hydrogen-bond donors (Lipinski definition) is 4. The molecule has 1 saturated carbocycles. The summed E-state index contributed by atoms with van der Waals surface area (Å²) in [5.41, 5.74) is 10.6. The zero-order chi connectivity index (χ0) is 28.7. The second-order valence-electron chi connectivity index (χ2n) is 10.4. The summed E-state index contributed by atoms with van der Waals surface area (Å²) in [6.07, 6.45) is 5.78. The van der Waals surface area contributed by atoms with Gasteiger partial charge in [0.1, 0.15) is 13.9 Å². The van der Waals surface area contributed by atoms with Gasteiger partial charge in [-0.15, -0.1) is 5.53 Å². The molecule has 4 aromatic rings. The van der Waals surface area contributed by atoms with E-state index >= 15 is 0 Å². The Morgan fingerprint density at radius 1 is 1.15 bits per heavy atom. The Morgan fingerprint density at radius 2 is 1.95 bits per heavy atom. The molecule has 11 heteroatoms. The number of ketones is 1. The van der Waals surface area contributed by atoms with Crippen molar-refractivity contribution in [3.63, 3.8) is 0 Å². The van der Waals surface area contributed by atoms with E-state index in [1.807, 2.05) is 50.3 Å². The third-order valence-corrected chi connectivity index (χ3v) is 8.00. The second kappa shape index (κ2) is 10.6. The molecule has 1 aliphatic carbocycles. The minimum atomic E-state index is -0.822. The topological polar surface area (TPSA) is 105 Å². The van der Waals surface area contributed by atoms with Gasteiger partial charge in [-0.2, -0.15) is 5.26 Å². The fourth-order valence-electron chi connectivity index (χ4n) is 5.14. The molecular formula is C30H26BCl2N7O. The molecule has 0 amide bonds. The molecule has 2 aliphatic rings. The Morgan fingerprint density at radius 3 is 2.66 bits per heavy atom. The van der Waals surface area contributed by atoms with E-state index in [0.29, 0.717) is 55.2 Å². The first-order chi connectivity index (χ1) is 19.8. The van der Waals surface area contributed by atoms with Crippen LogP contribution in [0, 0.1) is 11.3 Å². The highest BCUT2D eigenvalue weighted by atomic mass is 35.5. The number of halogens is 2. The summed E-state index contributed by atoms with van der Waals surface area (Å²) >= 11 is 13.0. The Bertz CT molecular complexity index is 1770. The van der Waals surface area contributed by atoms with Crippen molar-refractivity contribution in [2.24, 2.45) is 0 Å². The van der Waals surface area contributed by atoms with Crippen LogP contribution in [0.2, 0.25) is 10.0 Å². The van der Waals surface area contributed by atoms with E-state index in [9.17, 15) is 10.1 Å². The van der Waals surface area contributed by atoms with Gasteiger partial charge in [0.05, 0.1) is 27.9 Å². The van der Waals surface area contributed by atoms with Crippen molar-refractivity contribution < 1.29 is 4.79 Å². The molecule has 0 spiro atoms. The number of anilines is 3. The number of benzene rings is 3. The Balaban J connectivity index is 1.52. The number of nitrogens with zero attached hydrogens (tertiary/aromatic N) is 3. The molecule has 8 nitrogen and oxygen atoms in total. The molecule has 1 aliphatic heterocycles. The summed E-state index contributed by atoms with van der Waals surface area (Å²) in [4.78, 5) is 17.4. The summed E-state index contributed by atoms with van der Waals surface area (Å²) in [5.74, 6) is -0.149. The lowest BCUT2D eigenvalue weighted by Gasteiger charge is -2.34. The molecule has 4 N–H and O–H groups in total. The van der Waals surface area contributed by atoms with Gasteiger partial charge in [-0.3, -0.25) is 14.8 Å². The molecule has 0 radical (unpaired) electrons. The molecule has 204 valence electrons. The summed E-state index contributed by atoms with van der Waals surface area (Å²) in [6.45, 7) is 1.51. The zero-order valence-electron chi connectivity index (χ0n) is 22.4. The van der Waals surface area contributed by atoms with E-state index in [-0.39, 0.29) is 5.78 Å². The minimum absolute atomic E-state index is 0.149. The molecule has 1 unspecified atom stereocenters. The highest BCUT2D eigenvalue weighted by molar-refractivity contribution is 6.33. The monoisotopic (exact) mass is 581 g/mol. The maximum atomic E-state index is 12.9. The van der Waals surface area contributed by atoms with Crippen LogP contribution in [-0.4, -0.2) is 29.7 Å². The van der Waals surface area contributed by atoms with Gasteiger partial charge >= 0.3 is 0 Å². The Kier molecular flexibility index (Phi) is 7.00. The van der Waals surface area contributed by atoms with E-state index in [0.717, 1.165) is 24.1 Å². The maximum absolute atomic E-state index is 12.9. The molecule has 1 fully saturated rings. The lowest BCUT2D eigenvalue weighted by Crippen LogP contribution is -2.45. The van der Waals surface area contributed by atoms with Crippen LogP contribution in [-0.2, 0) is 5.44 Å². The quantitative estimate of drug-likeness (QED) is 0.158. The van der Waals surface area contributed by atoms with Gasteiger partial charge in [0, 0.05) is 50.8 Å². The number of pyridine rings is 1. The number of hydrogen-bond acceptors (Lipinski definition) is 8. The van der Waals surface area contributed by atoms with E-state index in [1.165, 1.54) is 13.1 Å². The molecule has 1 aromatic heterocycles. The number of nitrogens with one attached hydrogen (secondary N) is 4. The predicted molar refractivity (Wildman–Crippen MR) is 166 cm³/mol. The number of carbonyl (C=O) groups excluding carboxylic acids is 1. The smallest absolute Gasteiger partial charge is 0.162 e. The van der Waals surface area contributed by atoms with Crippen LogP contribution in [0.4, 0.5) is 17.1 Å². The van der Waals surface area contributed by atoms with Crippen LogP contribution >= 0.6 is 23.2 Å². The number of carbonyl (C=O) groups is 1. The minimum Gasteiger partial charge on any atom is -0.378 e. The maximum Gasteiger partial charge on any atom is 0.162 e. The lowest BCUT2D eigenvalue weighted by atomic mass is 9.69. The van der Waals surface area contributed by atoms with Crippen LogP contribution in [0.5, 0.6) is 0 Å². The number of hydrazine groups is 2. The normalized spacial score (nSPS) is 16.0. The van der Waals surface area contributed by atoms with Crippen LogP contribution in [0.25, 0.3) is 10.9 Å². The van der Waals surface area contributed by atoms with Crippen LogP contribution < -0.4 is 21.6 Å². The highest BCUT2D eigenvalue weighted by Crippen LogP contribution is 2.39. The lowest BCUT2D eigenvalue weighted by molar-refractivity contribution is 0.101. The van der Waals surface area contributed by atoms with Crippen molar-refractivity contribution in [1.82, 2.24) is 21.0 Å². The fraction of sp³-hybridized carbons (Fsp3) is 0.167. The van der Waals surface area contributed by atoms with Crippen LogP contribution in [0.15, 0.2) is 78.8 Å². The molecule has 0 bridgehead atoms. The van der Waals surface area contributed by atoms with Gasteiger partial charge in [0.15, 0.2) is 5.78 Å². The SMILES string of the molecule is BC(Nc1cc(C(C)=O)c2ncc(C#N)c(Nc3cccc(Cl)c3)c2c1)(C1=CN(C2CC2)NN1)c1ccccc1Cl.